The summed E-state index contributed by atoms with van der Waals surface area (Å²) in [7, 11) is 0. The number of β-amino-alcohol motifs (C(OH)–C–C–N with tert-alkyl or cyclic N) is 1. The van der Waals surface area contributed by atoms with Crippen molar-refractivity contribution in [3.8, 4) is 0 Å². The minimum absolute atomic E-state index is 0.000786. The van der Waals surface area contributed by atoms with Crippen molar-refractivity contribution in [1.82, 2.24) is 4.90 Å². The Morgan fingerprint density at radius 1 is 1.41 bits per heavy atom. The minimum atomic E-state index is -0.365. The molecule has 0 radical (unpaired) electrons. The molecule has 1 aromatic carbocycles. The lowest BCUT2D eigenvalue weighted by Crippen LogP contribution is -2.29. The lowest BCUT2D eigenvalue weighted by atomic mass is 10.1. The van der Waals surface area contributed by atoms with Crippen LogP contribution in [0.25, 0.3) is 0 Å². The number of carbonyl (C=O) groups is 1. The zero-order valence-corrected chi connectivity index (χ0v) is 9.80. The Hall–Kier alpha value is -1.39. The number of aliphatic hydroxyl groups is 1. The largest absolute Gasteiger partial charge is 0.391 e. The van der Waals surface area contributed by atoms with Crippen LogP contribution in [-0.2, 0) is 6.42 Å². The second kappa shape index (κ2) is 5.29. The van der Waals surface area contributed by atoms with E-state index in [1.165, 1.54) is 0 Å². The van der Waals surface area contributed by atoms with Crippen LogP contribution in [0.2, 0.25) is 0 Å². The monoisotopic (exact) mass is 234 g/mol. The third-order valence-electron chi connectivity index (χ3n) is 3.08. The number of nitrogens with two attached hydrogens (primary N) is 1. The number of likely N-dealkylation sites (tertiary alicyclic amines) is 1. The summed E-state index contributed by atoms with van der Waals surface area (Å²) in [5.74, 6) is 0.000786. The Morgan fingerprint density at radius 2 is 2.12 bits per heavy atom. The molecule has 1 saturated heterocycles. The third kappa shape index (κ3) is 2.84. The van der Waals surface area contributed by atoms with E-state index >= 15 is 0 Å². The van der Waals surface area contributed by atoms with E-state index in [9.17, 15) is 9.90 Å². The van der Waals surface area contributed by atoms with E-state index in [4.69, 9.17) is 5.73 Å². The molecule has 1 heterocycles. The Bertz CT molecular complexity index is 389. The lowest BCUT2D eigenvalue weighted by Gasteiger charge is -2.15. The summed E-state index contributed by atoms with van der Waals surface area (Å²) >= 11 is 0. The van der Waals surface area contributed by atoms with E-state index < -0.39 is 0 Å². The van der Waals surface area contributed by atoms with E-state index in [-0.39, 0.29) is 12.0 Å². The van der Waals surface area contributed by atoms with E-state index in [1.54, 1.807) is 4.90 Å². The van der Waals surface area contributed by atoms with Crippen molar-refractivity contribution >= 4 is 5.91 Å². The molecule has 17 heavy (non-hydrogen) atoms. The van der Waals surface area contributed by atoms with Gasteiger partial charge in [-0.2, -0.15) is 0 Å². The van der Waals surface area contributed by atoms with Crippen LogP contribution in [0.1, 0.15) is 22.3 Å². The van der Waals surface area contributed by atoms with Gasteiger partial charge < -0.3 is 15.7 Å². The topological polar surface area (TPSA) is 66.6 Å². The summed E-state index contributed by atoms with van der Waals surface area (Å²) in [4.78, 5) is 13.7. The van der Waals surface area contributed by atoms with Gasteiger partial charge in [-0.1, -0.05) is 12.1 Å². The molecular weight excluding hydrogens is 216 g/mol. The molecule has 1 fully saturated rings. The van der Waals surface area contributed by atoms with E-state index in [0.717, 1.165) is 12.0 Å². The SMILES string of the molecule is NCCc1ccc(C(=O)N2CCC(O)C2)cc1. The highest BCUT2D eigenvalue weighted by molar-refractivity contribution is 5.94. The highest BCUT2D eigenvalue weighted by Crippen LogP contribution is 2.14. The number of aliphatic hydroxyl groups excluding tert-OH is 1. The molecule has 0 aliphatic carbocycles. The first kappa shape index (κ1) is 12.1. The van der Waals surface area contributed by atoms with Crippen LogP contribution in [-0.4, -0.2) is 41.7 Å². The lowest BCUT2D eigenvalue weighted by molar-refractivity contribution is 0.0765. The maximum atomic E-state index is 12.1. The maximum Gasteiger partial charge on any atom is 0.253 e. The smallest absolute Gasteiger partial charge is 0.253 e. The van der Waals surface area contributed by atoms with Crippen molar-refractivity contribution in [2.24, 2.45) is 5.73 Å². The van der Waals surface area contributed by atoms with Crippen molar-refractivity contribution in [1.29, 1.82) is 0 Å². The van der Waals surface area contributed by atoms with Gasteiger partial charge in [0.15, 0.2) is 0 Å². The molecule has 1 unspecified atom stereocenters. The van der Waals surface area contributed by atoms with Gasteiger partial charge in [0.25, 0.3) is 5.91 Å². The average molecular weight is 234 g/mol. The second-order valence-corrected chi connectivity index (χ2v) is 4.43. The number of carbonyl (C=O) groups excluding carboxylic acids is 1. The van der Waals surface area contributed by atoms with Crippen LogP contribution in [0.3, 0.4) is 0 Å². The number of nitrogens with zero attached hydrogens (tertiary/aromatic N) is 1. The van der Waals surface area contributed by atoms with Gasteiger partial charge in [0.2, 0.25) is 0 Å². The Labute approximate surface area is 101 Å². The highest BCUT2D eigenvalue weighted by atomic mass is 16.3. The summed E-state index contributed by atoms with van der Waals surface area (Å²) < 4.78 is 0. The number of hydrogen-bond donors (Lipinski definition) is 2. The summed E-state index contributed by atoms with van der Waals surface area (Å²) in [5.41, 5.74) is 7.29. The third-order valence-corrected chi connectivity index (χ3v) is 3.08. The van der Waals surface area contributed by atoms with Gasteiger partial charge in [0.1, 0.15) is 0 Å². The Kier molecular flexibility index (Phi) is 3.76. The predicted octanol–water partition coefficient (Wildman–Crippen LogP) is 0.395. The van der Waals surface area contributed by atoms with E-state index in [1.807, 2.05) is 24.3 Å². The summed E-state index contributed by atoms with van der Waals surface area (Å²) in [5, 5.41) is 9.40. The van der Waals surface area contributed by atoms with Gasteiger partial charge in [0.05, 0.1) is 6.10 Å². The fraction of sp³-hybridized carbons (Fsp3) is 0.462. The number of benzene rings is 1. The van der Waals surface area contributed by atoms with Gasteiger partial charge in [-0.25, -0.2) is 0 Å². The fourth-order valence-electron chi connectivity index (χ4n) is 2.09. The molecule has 0 saturated carbocycles. The Balaban J connectivity index is 2.04. The van der Waals surface area contributed by atoms with Crippen LogP contribution < -0.4 is 5.73 Å². The minimum Gasteiger partial charge on any atom is -0.391 e. The zero-order chi connectivity index (χ0) is 12.3. The van der Waals surface area contributed by atoms with Gasteiger partial charge in [0, 0.05) is 18.7 Å². The van der Waals surface area contributed by atoms with Crippen molar-refractivity contribution in [3.63, 3.8) is 0 Å². The fourth-order valence-corrected chi connectivity index (χ4v) is 2.09. The van der Waals surface area contributed by atoms with Gasteiger partial charge in [-0.05, 0) is 37.1 Å². The molecule has 4 heteroatoms. The van der Waals surface area contributed by atoms with Crippen LogP contribution in [0.4, 0.5) is 0 Å². The maximum absolute atomic E-state index is 12.1. The quantitative estimate of drug-likeness (QED) is 0.795. The first-order valence-electron chi connectivity index (χ1n) is 5.97. The molecule has 2 rings (SSSR count). The first-order valence-corrected chi connectivity index (χ1v) is 5.97. The first-order chi connectivity index (χ1) is 8.20. The standard InChI is InChI=1S/C13H18N2O2/c14-7-5-10-1-3-11(4-2-10)13(17)15-8-6-12(16)9-15/h1-4,12,16H,5-9,14H2. The summed E-state index contributed by atoms with van der Waals surface area (Å²) in [6, 6.07) is 7.54. The second-order valence-electron chi connectivity index (χ2n) is 4.43. The predicted molar refractivity (Wildman–Crippen MR) is 65.7 cm³/mol. The van der Waals surface area contributed by atoms with Crippen LogP contribution in [0, 0.1) is 0 Å². The van der Waals surface area contributed by atoms with Crippen molar-refractivity contribution in [2.45, 2.75) is 18.9 Å². The molecule has 1 amide bonds. The molecule has 1 aromatic rings. The molecule has 92 valence electrons. The molecular formula is C13H18N2O2. The van der Waals surface area contributed by atoms with Crippen molar-refractivity contribution in [3.05, 3.63) is 35.4 Å². The van der Waals surface area contributed by atoms with E-state index in [2.05, 4.69) is 0 Å². The zero-order valence-electron chi connectivity index (χ0n) is 9.80. The van der Waals surface area contributed by atoms with Gasteiger partial charge in [-0.15, -0.1) is 0 Å². The number of amides is 1. The molecule has 1 aliphatic rings. The van der Waals surface area contributed by atoms with Crippen LogP contribution in [0.15, 0.2) is 24.3 Å². The average Bonchev–Trinajstić information content (AvgIpc) is 2.76. The summed E-state index contributed by atoms with van der Waals surface area (Å²) in [6.45, 7) is 1.71. The van der Waals surface area contributed by atoms with E-state index in [0.29, 0.717) is 31.6 Å². The van der Waals surface area contributed by atoms with Crippen molar-refractivity contribution in [2.75, 3.05) is 19.6 Å². The van der Waals surface area contributed by atoms with Crippen LogP contribution >= 0.6 is 0 Å². The highest BCUT2D eigenvalue weighted by Gasteiger charge is 2.25. The molecule has 1 atom stereocenters. The molecule has 1 aliphatic heterocycles. The molecule has 3 N–H and O–H groups in total. The van der Waals surface area contributed by atoms with Gasteiger partial charge in [-0.3, -0.25) is 4.79 Å². The molecule has 0 bridgehead atoms. The van der Waals surface area contributed by atoms with Crippen LogP contribution in [0.5, 0.6) is 0 Å². The summed E-state index contributed by atoms with van der Waals surface area (Å²) in [6.07, 6.45) is 1.14. The van der Waals surface area contributed by atoms with Crippen molar-refractivity contribution < 1.29 is 9.90 Å². The number of hydrogen-bond acceptors (Lipinski definition) is 3. The normalized spacial score (nSPS) is 19.6. The van der Waals surface area contributed by atoms with Gasteiger partial charge >= 0.3 is 0 Å². The molecule has 4 nitrogen and oxygen atoms in total. The Morgan fingerprint density at radius 3 is 2.65 bits per heavy atom. The molecule has 0 aromatic heterocycles. The number of rotatable bonds is 3. The molecule has 0 spiro atoms.